The molecule has 1 fully saturated rings. The summed E-state index contributed by atoms with van der Waals surface area (Å²) in [5.74, 6) is 0. The zero-order valence-corrected chi connectivity index (χ0v) is 13.7. The molecule has 1 aliphatic heterocycles. The monoisotopic (exact) mass is 311 g/mol. The first-order valence-corrected chi connectivity index (χ1v) is 8.97. The van der Waals surface area contributed by atoms with E-state index in [9.17, 15) is 8.42 Å². The Morgan fingerprint density at radius 2 is 1.86 bits per heavy atom. The summed E-state index contributed by atoms with van der Waals surface area (Å²) in [6.45, 7) is 7.11. The lowest BCUT2D eigenvalue weighted by molar-refractivity contribution is 0.233. The van der Waals surface area contributed by atoms with Crippen molar-refractivity contribution in [2.75, 3.05) is 31.9 Å². The molecule has 118 valence electrons. The average molecular weight is 311 g/mol. The van der Waals surface area contributed by atoms with Crippen molar-refractivity contribution in [3.63, 3.8) is 0 Å². The van der Waals surface area contributed by atoms with Crippen LogP contribution in [0.4, 0.5) is 5.69 Å². The Balaban J connectivity index is 1.98. The highest BCUT2D eigenvalue weighted by Gasteiger charge is 2.17. The van der Waals surface area contributed by atoms with Gasteiger partial charge in [-0.05, 0) is 63.0 Å². The highest BCUT2D eigenvalue weighted by molar-refractivity contribution is 7.89. The van der Waals surface area contributed by atoms with E-state index in [1.165, 1.54) is 25.3 Å². The van der Waals surface area contributed by atoms with Gasteiger partial charge >= 0.3 is 0 Å². The van der Waals surface area contributed by atoms with Gasteiger partial charge < -0.3 is 10.6 Å². The Labute approximate surface area is 127 Å². The van der Waals surface area contributed by atoms with Crippen molar-refractivity contribution in [2.45, 2.75) is 38.0 Å². The topological polar surface area (TPSA) is 75.4 Å². The van der Waals surface area contributed by atoms with E-state index < -0.39 is 10.0 Å². The SMILES string of the molecule is Cc1cc(S(=O)(=O)NCCN2CCCCC2)cc(N)c1C. The molecular weight excluding hydrogens is 286 g/mol. The van der Waals surface area contributed by atoms with Crippen molar-refractivity contribution in [3.05, 3.63) is 23.3 Å². The van der Waals surface area contributed by atoms with Gasteiger partial charge in [-0.25, -0.2) is 13.1 Å². The van der Waals surface area contributed by atoms with Gasteiger partial charge in [0.25, 0.3) is 0 Å². The molecule has 1 heterocycles. The zero-order valence-electron chi connectivity index (χ0n) is 12.9. The van der Waals surface area contributed by atoms with E-state index in [1.807, 2.05) is 13.8 Å². The van der Waals surface area contributed by atoms with Crippen molar-refractivity contribution in [3.8, 4) is 0 Å². The van der Waals surface area contributed by atoms with Gasteiger partial charge in [0, 0.05) is 18.8 Å². The Morgan fingerprint density at radius 3 is 2.48 bits per heavy atom. The Kier molecular flexibility index (Phi) is 5.24. The molecule has 21 heavy (non-hydrogen) atoms. The molecule has 6 heteroatoms. The standard InChI is InChI=1S/C15H25N3O2S/c1-12-10-14(11-15(16)13(12)2)21(19,20)17-6-9-18-7-4-3-5-8-18/h10-11,17H,3-9,16H2,1-2H3. The van der Waals surface area contributed by atoms with Crippen LogP contribution in [0.3, 0.4) is 0 Å². The van der Waals surface area contributed by atoms with Gasteiger partial charge in [-0.3, -0.25) is 0 Å². The largest absolute Gasteiger partial charge is 0.398 e. The van der Waals surface area contributed by atoms with E-state index >= 15 is 0 Å². The molecule has 0 atom stereocenters. The molecule has 1 aromatic rings. The molecule has 3 N–H and O–H groups in total. The molecule has 0 amide bonds. The number of sulfonamides is 1. The predicted molar refractivity (Wildman–Crippen MR) is 85.8 cm³/mol. The van der Waals surface area contributed by atoms with E-state index in [-0.39, 0.29) is 4.90 Å². The second-order valence-electron chi connectivity index (χ2n) is 5.75. The minimum Gasteiger partial charge on any atom is -0.398 e. The lowest BCUT2D eigenvalue weighted by Gasteiger charge is -2.26. The van der Waals surface area contributed by atoms with E-state index in [4.69, 9.17) is 5.73 Å². The summed E-state index contributed by atoms with van der Waals surface area (Å²) in [6, 6.07) is 3.21. The first-order chi connectivity index (χ1) is 9.90. The number of piperidine rings is 1. The highest BCUT2D eigenvalue weighted by atomic mass is 32.2. The van der Waals surface area contributed by atoms with Gasteiger partial charge in [-0.15, -0.1) is 0 Å². The third-order valence-electron chi connectivity index (χ3n) is 4.16. The predicted octanol–water partition coefficient (Wildman–Crippen LogP) is 1.65. The molecule has 5 nitrogen and oxygen atoms in total. The second-order valence-corrected chi connectivity index (χ2v) is 7.52. The fraction of sp³-hybridized carbons (Fsp3) is 0.600. The molecule has 0 bridgehead atoms. The number of rotatable bonds is 5. The minimum absolute atomic E-state index is 0.252. The van der Waals surface area contributed by atoms with E-state index in [1.54, 1.807) is 6.07 Å². The van der Waals surface area contributed by atoms with Crippen LogP contribution in [-0.2, 0) is 10.0 Å². The fourth-order valence-corrected chi connectivity index (χ4v) is 3.75. The summed E-state index contributed by atoms with van der Waals surface area (Å²) in [4.78, 5) is 2.56. The maximum absolute atomic E-state index is 12.3. The summed E-state index contributed by atoms with van der Waals surface area (Å²) in [6.07, 6.45) is 3.70. The van der Waals surface area contributed by atoms with Gasteiger partial charge in [0.05, 0.1) is 4.90 Å². The van der Waals surface area contributed by atoms with Gasteiger partial charge in [-0.2, -0.15) is 0 Å². The maximum atomic E-state index is 12.3. The van der Waals surface area contributed by atoms with Crippen LogP contribution in [0.15, 0.2) is 17.0 Å². The van der Waals surface area contributed by atoms with Crippen LogP contribution >= 0.6 is 0 Å². The van der Waals surface area contributed by atoms with Crippen LogP contribution in [0.2, 0.25) is 0 Å². The summed E-state index contributed by atoms with van der Waals surface area (Å²) in [7, 11) is -3.48. The lowest BCUT2D eigenvalue weighted by atomic mass is 10.1. The first-order valence-electron chi connectivity index (χ1n) is 7.49. The molecule has 0 radical (unpaired) electrons. The summed E-state index contributed by atoms with van der Waals surface area (Å²) >= 11 is 0. The van der Waals surface area contributed by atoms with Crippen LogP contribution in [0.25, 0.3) is 0 Å². The number of nitrogens with zero attached hydrogens (tertiary/aromatic N) is 1. The van der Waals surface area contributed by atoms with Gasteiger partial charge in [0.15, 0.2) is 0 Å². The smallest absolute Gasteiger partial charge is 0.240 e. The fourth-order valence-electron chi connectivity index (χ4n) is 2.61. The van der Waals surface area contributed by atoms with Crippen LogP contribution < -0.4 is 10.5 Å². The third-order valence-corrected chi connectivity index (χ3v) is 5.60. The Hall–Kier alpha value is -1.11. The molecule has 1 aromatic carbocycles. The summed E-state index contributed by atoms with van der Waals surface area (Å²) < 4.78 is 27.3. The number of nitrogens with two attached hydrogens (primary N) is 1. The molecule has 0 spiro atoms. The van der Waals surface area contributed by atoms with Crippen molar-refractivity contribution in [1.29, 1.82) is 0 Å². The lowest BCUT2D eigenvalue weighted by Crippen LogP contribution is -2.37. The number of nitrogen functional groups attached to an aromatic ring is 1. The molecule has 0 aliphatic carbocycles. The summed E-state index contributed by atoms with van der Waals surface area (Å²) in [5.41, 5.74) is 8.21. The second kappa shape index (κ2) is 6.77. The maximum Gasteiger partial charge on any atom is 0.240 e. The average Bonchev–Trinajstić information content (AvgIpc) is 2.45. The number of likely N-dealkylation sites (tertiary alicyclic amines) is 1. The normalized spacial score (nSPS) is 17.0. The number of hydrogen-bond acceptors (Lipinski definition) is 4. The summed E-state index contributed by atoms with van der Waals surface area (Å²) in [5, 5.41) is 0. The van der Waals surface area contributed by atoms with Crippen LogP contribution in [0, 0.1) is 13.8 Å². The van der Waals surface area contributed by atoms with Crippen molar-refractivity contribution in [2.24, 2.45) is 0 Å². The molecular formula is C15H25N3O2S. The third kappa shape index (κ3) is 4.18. The number of anilines is 1. The van der Waals surface area contributed by atoms with Crippen molar-refractivity contribution >= 4 is 15.7 Å². The molecule has 0 saturated carbocycles. The molecule has 1 aliphatic rings. The first kappa shape index (κ1) is 16.3. The van der Waals surface area contributed by atoms with E-state index in [0.717, 1.165) is 30.8 Å². The van der Waals surface area contributed by atoms with Crippen molar-refractivity contribution in [1.82, 2.24) is 9.62 Å². The number of nitrogens with one attached hydrogen (secondary N) is 1. The van der Waals surface area contributed by atoms with Gasteiger partial charge in [0.2, 0.25) is 10.0 Å². The van der Waals surface area contributed by atoms with Crippen LogP contribution in [0.1, 0.15) is 30.4 Å². The highest BCUT2D eigenvalue weighted by Crippen LogP contribution is 2.21. The molecule has 0 unspecified atom stereocenters. The van der Waals surface area contributed by atoms with Crippen LogP contribution in [-0.4, -0.2) is 39.5 Å². The number of hydrogen-bond donors (Lipinski definition) is 2. The minimum atomic E-state index is -3.48. The van der Waals surface area contributed by atoms with E-state index in [0.29, 0.717) is 12.2 Å². The van der Waals surface area contributed by atoms with E-state index in [2.05, 4.69) is 9.62 Å². The van der Waals surface area contributed by atoms with Crippen molar-refractivity contribution < 1.29 is 8.42 Å². The van der Waals surface area contributed by atoms with Crippen LogP contribution in [0.5, 0.6) is 0 Å². The van der Waals surface area contributed by atoms with Gasteiger partial charge in [0.1, 0.15) is 0 Å². The zero-order chi connectivity index (χ0) is 15.5. The van der Waals surface area contributed by atoms with Gasteiger partial charge in [-0.1, -0.05) is 6.42 Å². The molecule has 0 aromatic heterocycles. The quantitative estimate of drug-likeness (QED) is 0.811. The molecule has 1 saturated heterocycles. The number of aryl methyl sites for hydroxylation is 1. The Morgan fingerprint density at radius 1 is 1.19 bits per heavy atom. The molecule has 2 rings (SSSR count). The Bertz CT molecular complexity index is 570. The number of benzene rings is 1.